The Morgan fingerprint density at radius 2 is 1.25 bits per heavy atom. The number of rotatable bonds is 4. The first kappa shape index (κ1) is 13.0. The molecule has 88 valence electrons. The minimum atomic E-state index is -2.10. The van der Waals surface area contributed by atoms with E-state index in [1.54, 1.807) is 0 Å². The normalized spacial score (nSPS) is 10.6. The van der Waals surface area contributed by atoms with E-state index in [0.29, 0.717) is 12.7 Å². The Morgan fingerprint density at radius 3 is 1.69 bits per heavy atom. The molecule has 0 aliphatic rings. The predicted molar refractivity (Wildman–Crippen MR) is 52.7 cm³/mol. The number of hydrogen-bond acceptors (Lipinski definition) is 0. The van der Waals surface area contributed by atoms with E-state index >= 15 is 0 Å². The van der Waals surface area contributed by atoms with E-state index in [-0.39, 0.29) is 7.28 Å². The van der Waals surface area contributed by atoms with Crippen LogP contribution in [0, 0.1) is 29.1 Å². The van der Waals surface area contributed by atoms with E-state index in [4.69, 9.17) is 0 Å². The molecule has 0 spiro atoms. The first-order chi connectivity index (χ1) is 7.50. The Hall–Kier alpha value is -1.07. The van der Waals surface area contributed by atoms with Crippen LogP contribution in [0.5, 0.6) is 0 Å². The van der Waals surface area contributed by atoms with Gasteiger partial charge in [-0.2, -0.15) is 0 Å². The van der Waals surface area contributed by atoms with Gasteiger partial charge in [0.25, 0.3) is 0 Å². The lowest BCUT2D eigenvalue weighted by Gasteiger charge is -2.06. The van der Waals surface area contributed by atoms with Crippen LogP contribution in [0.2, 0.25) is 6.32 Å². The third kappa shape index (κ3) is 2.36. The average molecular weight is 236 g/mol. The first-order valence-electron chi connectivity index (χ1n) is 5.01. The highest BCUT2D eigenvalue weighted by Crippen LogP contribution is 2.16. The maximum Gasteiger partial charge on any atom is 0.200 e. The number of benzene rings is 1. The molecule has 0 amide bonds. The minimum Gasteiger partial charge on any atom is -0.204 e. The molecule has 0 saturated heterocycles. The Labute approximate surface area is 90.7 Å². The van der Waals surface area contributed by atoms with Crippen LogP contribution in [0.1, 0.15) is 19.8 Å². The van der Waals surface area contributed by atoms with E-state index in [9.17, 15) is 22.0 Å². The van der Waals surface area contributed by atoms with Gasteiger partial charge >= 0.3 is 0 Å². The second-order valence-electron chi connectivity index (χ2n) is 3.51. The van der Waals surface area contributed by atoms with Crippen LogP contribution in [0.3, 0.4) is 0 Å². The topological polar surface area (TPSA) is 0 Å². The van der Waals surface area contributed by atoms with Gasteiger partial charge in [-0.05, 0) is 5.46 Å². The minimum absolute atomic E-state index is 0.139. The summed E-state index contributed by atoms with van der Waals surface area (Å²) in [6.45, 7) is 1.87. The third-order valence-corrected chi connectivity index (χ3v) is 2.33. The quantitative estimate of drug-likeness (QED) is 0.248. The lowest BCUT2D eigenvalue weighted by molar-refractivity contribution is 0.384. The Kier molecular flexibility index (Phi) is 4.32. The molecule has 0 N–H and O–H groups in total. The zero-order valence-electron chi connectivity index (χ0n) is 8.72. The van der Waals surface area contributed by atoms with Crippen molar-refractivity contribution in [1.82, 2.24) is 0 Å². The van der Waals surface area contributed by atoms with Crippen molar-refractivity contribution in [2.24, 2.45) is 0 Å². The molecule has 0 aliphatic carbocycles. The van der Waals surface area contributed by atoms with Gasteiger partial charge in [0.05, 0.1) is 0 Å². The van der Waals surface area contributed by atoms with Gasteiger partial charge in [-0.1, -0.05) is 26.1 Å². The average Bonchev–Trinajstić information content (AvgIpc) is 2.28. The summed E-state index contributed by atoms with van der Waals surface area (Å²) in [6.07, 6.45) is 1.88. The second kappa shape index (κ2) is 5.32. The number of halogens is 5. The summed E-state index contributed by atoms with van der Waals surface area (Å²) in [5.74, 6) is -9.27. The van der Waals surface area contributed by atoms with Crippen molar-refractivity contribution in [1.29, 1.82) is 0 Å². The molecule has 1 rings (SSSR count). The number of hydrogen-bond donors (Lipinski definition) is 0. The molecule has 0 unspecified atom stereocenters. The van der Waals surface area contributed by atoms with Crippen LogP contribution in [-0.2, 0) is 0 Å². The Morgan fingerprint density at radius 1 is 0.812 bits per heavy atom. The van der Waals surface area contributed by atoms with E-state index in [1.807, 2.05) is 6.92 Å². The molecule has 16 heavy (non-hydrogen) atoms. The summed E-state index contributed by atoms with van der Waals surface area (Å²) in [5.41, 5.74) is -0.718. The van der Waals surface area contributed by atoms with Crippen LogP contribution in [0.25, 0.3) is 0 Å². The molecule has 1 aromatic rings. The summed E-state index contributed by atoms with van der Waals surface area (Å²) in [6, 6.07) is 0. The van der Waals surface area contributed by atoms with E-state index in [2.05, 4.69) is 0 Å². The molecular weight excluding hydrogens is 226 g/mol. The van der Waals surface area contributed by atoms with Gasteiger partial charge in [0.15, 0.2) is 36.4 Å². The van der Waals surface area contributed by atoms with Crippen molar-refractivity contribution < 1.29 is 22.0 Å². The maximum atomic E-state index is 13.1. The van der Waals surface area contributed by atoms with E-state index in [0.717, 1.165) is 6.42 Å². The predicted octanol–water partition coefficient (Wildman–Crippen LogP) is 2.66. The molecule has 0 radical (unpaired) electrons. The monoisotopic (exact) mass is 236 g/mol. The number of unbranched alkanes of at least 4 members (excludes halogenated alkanes) is 1. The smallest absolute Gasteiger partial charge is 0.200 e. The highest BCUT2D eigenvalue weighted by Gasteiger charge is 2.25. The third-order valence-electron chi connectivity index (χ3n) is 2.33. The van der Waals surface area contributed by atoms with Crippen LogP contribution in [0.4, 0.5) is 22.0 Å². The molecular formula is C10H10BF5. The fraction of sp³-hybridized carbons (Fsp3) is 0.400. The standard InChI is InChI=1S/C10H10BF5/c1-2-3-4-11-5-6(12)8(14)10(16)9(15)7(5)13/h11H,2-4H2,1H3. The Bertz CT molecular complexity index is 362. The van der Waals surface area contributed by atoms with E-state index in [1.165, 1.54) is 0 Å². The second-order valence-corrected chi connectivity index (χ2v) is 3.51. The highest BCUT2D eigenvalue weighted by molar-refractivity contribution is 6.53. The summed E-state index contributed by atoms with van der Waals surface area (Å²) in [4.78, 5) is 0. The van der Waals surface area contributed by atoms with Gasteiger partial charge in [-0.25, -0.2) is 22.0 Å². The molecule has 0 aliphatic heterocycles. The van der Waals surface area contributed by atoms with Crippen LogP contribution in [-0.4, -0.2) is 7.28 Å². The van der Waals surface area contributed by atoms with Gasteiger partial charge < -0.3 is 0 Å². The fourth-order valence-electron chi connectivity index (χ4n) is 1.42. The van der Waals surface area contributed by atoms with Gasteiger partial charge in [0.1, 0.15) is 0 Å². The van der Waals surface area contributed by atoms with Crippen molar-refractivity contribution in [2.75, 3.05) is 0 Å². The van der Waals surface area contributed by atoms with Gasteiger partial charge in [0.2, 0.25) is 0 Å². The molecule has 0 heterocycles. The lowest BCUT2D eigenvalue weighted by Crippen LogP contribution is -2.27. The van der Waals surface area contributed by atoms with Gasteiger partial charge in [-0.3, -0.25) is 0 Å². The van der Waals surface area contributed by atoms with Gasteiger partial charge in [0, 0.05) is 0 Å². The molecule has 0 fully saturated rings. The van der Waals surface area contributed by atoms with Gasteiger partial charge in [-0.15, -0.1) is 0 Å². The van der Waals surface area contributed by atoms with Crippen molar-refractivity contribution in [2.45, 2.75) is 26.1 Å². The summed E-state index contributed by atoms with van der Waals surface area (Å²) < 4.78 is 64.4. The molecule has 0 atom stereocenters. The summed E-state index contributed by atoms with van der Waals surface area (Å²) in [7, 11) is -0.139. The molecule has 0 aromatic heterocycles. The molecule has 0 bridgehead atoms. The molecule has 0 saturated carbocycles. The summed E-state index contributed by atoms with van der Waals surface area (Å²) >= 11 is 0. The molecule has 6 heteroatoms. The fourth-order valence-corrected chi connectivity index (χ4v) is 1.42. The van der Waals surface area contributed by atoms with Crippen LogP contribution >= 0.6 is 0 Å². The first-order valence-corrected chi connectivity index (χ1v) is 5.01. The SMILES string of the molecule is CCCCBc1c(F)c(F)c(F)c(F)c1F. The van der Waals surface area contributed by atoms with E-state index < -0.39 is 34.5 Å². The largest absolute Gasteiger partial charge is 0.204 e. The maximum absolute atomic E-state index is 13.1. The Balaban J connectivity index is 3.08. The van der Waals surface area contributed by atoms with Crippen molar-refractivity contribution in [3.8, 4) is 0 Å². The van der Waals surface area contributed by atoms with Crippen molar-refractivity contribution in [3.05, 3.63) is 29.1 Å². The van der Waals surface area contributed by atoms with Crippen molar-refractivity contribution >= 4 is 12.7 Å². The lowest BCUT2D eigenvalue weighted by atomic mass is 9.65. The van der Waals surface area contributed by atoms with Crippen LogP contribution < -0.4 is 5.46 Å². The summed E-state index contributed by atoms with van der Waals surface area (Å²) in [5, 5.41) is 0. The zero-order valence-corrected chi connectivity index (χ0v) is 8.72. The zero-order chi connectivity index (χ0) is 12.3. The highest BCUT2D eigenvalue weighted by atomic mass is 19.2. The molecule has 0 nitrogen and oxygen atoms in total. The molecule has 1 aromatic carbocycles. The van der Waals surface area contributed by atoms with Crippen LogP contribution in [0.15, 0.2) is 0 Å². The van der Waals surface area contributed by atoms with Crippen molar-refractivity contribution in [3.63, 3.8) is 0 Å².